The largest absolute Gasteiger partial charge is 0.328 e. The minimum atomic E-state index is 0.427. The van der Waals surface area contributed by atoms with Crippen LogP contribution in [0.15, 0.2) is 0 Å². The first-order valence-corrected chi connectivity index (χ1v) is 7.20. The first-order chi connectivity index (χ1) is 8.56. The second-order valence-corrected chi connectivity index (χ2v) is 6.15. The summed E-state index contributed by atoms with van der Waals surface area (Å²) >= 11 is 0. The Labute approximate surface area is 110 Å². The maximum atomic E-state index is 5.96. The number of rotatable bonds is 4. The van der Waals surface area contributed by atoms with Gasteiger partial charge in [-0.25, -0.2) is 0 Å². The molecule has 18 heavy (non-hydrogen) atoms. The van der Waals surface area contributed by atoms with Crippen molar-refractivity contribution < 1.29 is 0 Å². The second kappa shape index (κ2) is 5.83. The van der Waals surface area contributed by atoms with E-state index in [4.69, 9.17) is 5.73 Å². The summed E-state index contributed by atoms with van der Waals surface area (Å²) in [5, 5.41) is 8.60. The topological polar surface area (TPSA) is 56.7 Å². The molecule has 0 bridgehead atoms. The standard InChI is InChI=1S/C14H26N4/c1-10(2)9-18-11(3)16-17-14(18)8-12-4-6-13(15)7-5-12/h10,12-13H,4-9,15H2,1-3H3. The van der Waals surface area contributed by atoms with E-state index in [0.29, 0.717) is 12.0 Å². The molecule has 102 valence electrons. The Morgan fingerprint density at radius 2 is 1.89 bits per heavy atom. The number of aryl methyl sites for hydroxylation is 1. The van der Waals surface area contributed by atoms with Crippen molar-refractivity contribution in [2.45, 2.75) is 65.5 Å². The molecule has 4 heteroatoms. The molecule has 0 unspecified atom stereocenters. The zero-order valence-electron chi connectivity index (χ0n) is 11.9. The van der Waals surface area contributed by atoms with E-state index in [2.05, 4.69) is 35.5 Å². The van der Waals surface area contributed by atoms with Crippen LogP contribution in [0.3, 0.4) is 0 Å². The highest BCUT2D eigenvalue weighted by Crippen LogP contribution is 2.26. The molecule has 2 rings (SSSR count). The van der Waals surface area contributed by atoms with Crippen molar-refractivity contribution in [2.75, 3.05) is 0 Å². The molecule has 1 saturated carbocycles. The van der Waals surface area contributed by atoms with Crippen molar-refractivity contribution in [3.63, 3.8) is 0 Å². The molecule has 1 aliphatic carbocycles. The Bertz CT molecular complexity index is 375. The van der Waals surface area contributed by atoms with Gasteiger partial charge in [-0.1, -0.05) is 13.8 Å². The Hall–Kier alpha value is -0.900. The third-order valence-electron chi connectivity index (χ3n) is 3.92. The van der Waals surface area contributed by atoms with E-state index in [0.717, 1.165) is 24.7 Å². The molecular formula is C14H26N4. The summed E-state index contributed by atoms with van der Waals surface area (Å²) < 4.78 is 2.29. The van der Waals surface area contributed by atoms with E-state index in [1.54, 1.807) is 0 Å². The summed E-state index contributed by atoms with van der Waals surface area (Å²) in [7, 11) is 0. The van der Waals surface area contributed by atoms with Gasteiger partial charge in [0.05, 0.1) is 0 Å². The number of nitrogens with two attached hydrogens (primary N) is 1. The maximum Gasteiger partial charge on any atom is 0.133 e. The molecule has 1 aromatic heterocycles. The van der Waals surface area contributed by atoms with E-state index in [1.807, 2.05) is 0 Å². The molecule has 2 N–H and O–H groups in total. The van der Waals surface area contributed by atoms with Crippen molar-refractivity contribution in [1.82, 2.24) is 14.8 Å². The van der Waals surface area contributed by atoms with Gasteiger partial charge in [-0.05, 0) is 44.4 Å². The summed E-state index contributed by atoms with van der Waals surface area (Å²) in [5.74, 6) is 3.60. The highest BCUT2D eigenvalue weighted by molar-refractivity contribution is 4.96. The quantitative estimate of drug-likeness (QED) is 0.892. The average molecular weight is 250 g/mol. The van der Waals surface area contributed by atoms with Crippen LogP contribution in [0.25, 0.3) is 0 Å². The fourth-order valence-electron chi connectivity index (χ4n) is 2.83. The zero-order chi connectivity index (χ0) is 13.1. The highest BCUT2D eigenvalue weighted by atomic mass is 15.3. The van der Waals surface area contributed by atoms with Gasteiger partial charge in [0.25, 0.3) is 0 Å². The van der Waals surface area contributed by atoms with Crippen LogP contribution < -0.4 is 5.73 Å². The predicted octanol–water partition coefficient (Wildman–Crippen LogP) is 2.30. The fraction of sp³-hybridized carbons (Fsp3) is 0.857. The van der Waals surface area contributed by atoms with Crippen LogP contribution in [-0.4, -0.2) is 20.8 Å². The van der Waals surface area contributed by atoms with Crippen molar-refractivity contribution in [3.05, 3.63) is 11.6 Å². The van der Waals surface area contributed by atoms with Crippen LogP contribution in [0, 0.1) is 18.8 Å². The molecule has 4 nitrogen and oxygen atoms in total. The number of hydrogen-bond donors (Lipinski definition) is 1. The number of aromatic nitrogens is 3. The SMILES string of the molecule is Cc1nnc(CC2CCC(N)CC2)n1CC(C)C. The van der Waals surface area contributed by atoms with Crippen LogP contribution in [0.4, 0.5) is 0 Å². The second-order valence-electron chi connectivity index (χ2n) is 6.15. The molecule has 0 atom stereocenters. The molecule has 0 aliphatic heterocycles. The van der Waals surface area contributed by atoms with Crippen molar-refractivity contribution in [3.8, 4) is 0 Å². The van der Waals surface area contributed by atoms with Gasteiger partial charge in [0, 0.05) is 19.0 Å². The minimum absolute atomic E-state index is 0.427. The normalized spacial score (nSPS) is 24.7. The molecular weight excluding hydrogens is 224 g/mol. The van der Waals surface area contributed by atoms with E-state index >= 15 is 0 Å². The molecule has 0 spiro atoms. The van der Waals surface area contributed by atoms with Crippen molar-refractivity contribution in [2.24, 2.45) is 17.6 Å². The minimum Gasteiger partial charge on any atom is -0.328 e. The Morgan fingerprint density at radius 3 is 2.50 bits per heavy atom. The van der Waals surface area contributed by atoms with Crippen LogP contribution in [-0.2, 0) is 13.0 Å². The van der Waals surface area contributed by atoms with E-state index in [9.17, 15) is 0 Å². The zero-order valence-corrected chi connectivity index (χ0v) is 11.9. The predicted molar refractivity (Wildman–Crippen MR) is 73.2 cm³/mol. The van der Waals surface area contributed by atoms with Crippen LogP contribution in [0.1, 0.15) is 51.2 Å². The molecule has 0 radical (unpaired) electrons. The lowest BCUT2D eigenvalue weighted by molar-refractivity contribution is 0.316. The van der Waals surface area contributed by atoms with Gasteiger partial charge in [0.2, 0.25) is 0 Å². The van der Waals surface area contributed by atoms with Gasteiger partial charge in [-0.15, -0.1) is 10.2 Å². The Balaban J connectivity index is 2.00. The molecule has 0 amide bonds. The summed E-state index contributed by atoms with van der Waals surface area (Å²) in [6.07, 6.45) is 5.90. The maximum absolute atomic E-state index is 5.96. The van der Waals surface area contributed by atoms with Crippen molar-refractivity contribution in [1.29, 1.82) is 0 Å². The molecule has 1 aromatic rings. The molecule has 1 aliphatic rings. The molecule has 0 aromatic carbocycles. The fourth-order valence-corrected chi connectivity index (χ4v) is 2.83. The summed E-state index contributed by atoms with van der Waals surface area (Å²) in [4.78, 5) is 0. The van der Waals surface area contributed by atoms with E-state index < -0.39 is 0 Å². The highest BCUT2D eigenvalue weighted by Gasteiger charge is 2.21. The van der Waals surface area contributed by atoms with Gasteiger partial charge in [0.1, 0.15) is 11.6 Å². The van der Waals surface area contributed by atoms with Gasteiger partial charge in [-0.2, -0.15) is 0 Å². The van der Waals surface area contributed by atoms with Gasteiger partial charge >= 0.3 is 0 Å². The van der Waals surface area contributed by atoms with Crippen LogP contribution in [0.5, 0.6) is 0 Å². The lowest BCUT2D eigenvalue weighted by Crippen LogP contribution is -2.27. The molecule has 1 fully saturated rings. The Kier molecular flexibility index (Phi) is 4.38. The third-order valence-corrected chi connectivity index (χ3v) is 3.92. The first-order valence-electron chi connectivity index (χ1n) is 7.20. The van der Waals surface area contributed by atoms with Crippen LogP contribution in [0.2, 0.25) is 0 Å². The lowest BCUT2D eigenvalue weighted by atomic mass is 9.84. The molecule has 1 heterocycles. The number of hydrogen-bond acceptors (Lipinski definition) is 3. The molecule has 0 saturated heterocycles. The lowest BCUT2D eigenvalue weighted by Gasteiger charge is -2.26. The van der Waals surface area contributed by atoms with Gasteiger partial charge in [0.15, 0.2) is 0 Å². The summed E-state index contributed by atoms with van der Waals surface area (Å²) in [6, 6.07) is 0.427. The van der Waals surface area contributed by atoms with E-state index in [-0.39, 0.29) is 0 Å². The van der Waals surface area contributed by atoms with Crippen molar-refractivity contribution >= 4 is 0 Å². The average Bonchev–Trinajstić information content (AvgIpc) is 2.64. The monoisotopic (exact) mass is 250 g/mol. The van der Waals surface area contributed by atoms with Gasteiger partial charge < -0.3 is 10.3 Å². The number of nitrogens with zero attached hydrogens (tertiary/aromatic N) is 3. The first kappa shape index (κ1) is 13.5. The van der Waals surface area contributed by atoms with Crippen LogP contribution >= 0.6 is 0 Å². The summed E-state index contributed by atoms with van der Waals surface area (Å²) in [5.41, 5.74) is 5.96. The smallest absolute Gasteiger partial charge is 0.133 e. The van der Waals surface area contributed by atoms with E-state index in [1.165, 1.54) is 31.5 Å². The summed E-state index contributed by atoms with van der Waals surface area (Å²) in [6.45, 7) is 7.56. The Morgan fingerprint density at radius 1 is 1.22 bits per heavy atom. The van der Waals surface area contributed by atoms with Gasteiger partial charge in [-0.3, -0.25) is 0 Å². The third kappa shape index (κ3) is 3.31.